The number of nitrogens with zero attached hydrogens (tertiary/aromatic N) is 2. The number of hydrogen-bond acceptors (Lipinski definition) is 7. The first-order chi connectivity index (χ1) is 18.3. The van der Waals surface area contributed by atoms with Gasteiger partial charge in [0, 0.05) is 19.6 Å². The van der Waals surface area contributed by atoms with Crippen molar-refractivity contribution in [2.75, 3.05) is 30.9 Å². The first kappa shape index (κ1) is 30.4. The van der Waals surface area contributed by atoms with E-state index in [1.807, 2.05) is 24.0 Å². The van der Waals surface area contributed by atoms with Crippen LogP contribution in [0, 0.1) is 6.92 Å². The van der Waals surface area contributed by atoms with E-state index in [1.54, 1.807) is 45.0 Å². The summed E-state index contributed by atoms with van der Waals surface area (Å²) in [7, 11) is -1.34. The van der Waals surface area contributed by atoms with Crippen LogP contribution in [0.3, 0.4) is 0 Å². The Hall–Kier alpha value is -3.11. The van der Waals surface area contributed by atoms with Gasteiger partial charge in [-0.15, -0.1) is 0 Å². The van der Waals surface area contributed by atoms with Gasteiger partial charge < -0.3 is 14.4 Å². The molecule has 1 fully saturated rings. The average Bonchev–Trinajstić information content (AvgIpc) is 2.89. The van der Waals surface area contributed by atoms with Crippen LogP contribution < -0.4 is 10.2 Å². The van der Waals surface area contributed by atoms with Crippen molar-refractivity contribution in [2.45, 2.75) is 82.4 Å². The summed E-state index contributed by atoms with van der Waals surface area (Å²) in [4.78, 5) is 27.9. The van der Waals surface area contributed by atoms with E-state index in [4.69, 9.17) is 9.47 Å². The largest absolute Gasteiger partial charge is 0.468 e. The predicted octanol–water partition coefficient (Wildman–Crippen LogP) is 5.34. The number of sulfonamides is 1. The molecule has 0 radical (unpaired) electrons. The third-order valence-corrected chi connectivity index (χ3v) is 8.72. The number of amides is 1. The number of nitrogens with one attached hydrogen (secondary N) is 1. The summed E-state index contributed by atoms with van der Waals surface area (Å²) in [5.41, 5.74) is 1.46. The Morgan fingerprint density at radius 1 is 1.03 bits per heavy atom. The number of benzene rings is 2. The Balaban J connectivity index is 2.01. The van der Waals surface area contributed by atoms with Crippen molar-refractivity contribution in [3.8, 4) is 0 Å². The van der Waals surface area contributed by atoms with Crippen molar-refractivity contribution in [1.29, 1.82) is 0 Å². The van der Waals surface area contributed by atoms with E-state index in [0.29, 0.717) is 11.4 Å². The van der Waals surface area contributed by atoms with Crippen LogP contribution in [0.5, 0.6) is 0 Å². The highest BCUT2D eigenvalue weighted by molar-refractivity contribution is 7.89. The fourth-order valence-corrected chi connectivity index (χ4v) is 6.08. The number of carbonyl (C=O) groups excluding carboxylic acids is 2. The van der Waals surface area contributed by atoms with Gasteiger partial charge in [-0.2, -0.15) is 4.31 Å². The van der Waals surface area contributed by atoms with Crippen molar-refractivity contribution in [1.82, 2.24) is 4.31 Å². The smallest absolute Gasteiger partial charge is 0.412 e. The fraction of sp³-hybridized carbons (Fsp3) is 0.517. The van der Waals surface area contributed by atoms with Crippen LogP contribution in [0.1, 0.15) is 58.4 Å². The molecular weight excluding hydrogens is 518 g/mol. The highest BCUT2D eigenvalue weighted by Gasteiger charge is 2.37. The molecule has 2 aromatic carbocycles. The fourth-order valence-electron chi connectivity index (χ4n) is 4.78. The second-order valence-corrected chi connectivity index (χ2v) is 13.0. The number of para-hydroxylation sites is 2. The van der Waals surface area contributed by atoms with E-state index in [0.717, 1.165) is 42.0 Å². The minimum atomic E-state index is -4.00. The molecule has 1 amide bonds. The lowest BCUT2D eigenvalue weighted by atomic mass is 9.93. The number of rotatable bonds is 9. The summed E-state index contributed by atoms with van der Waals surface area (Å²) in [6.07, 6.45) is 4.31. The number of esters is 1. The Kier molecular flexibility index (Phi) is 10.0. The Labute approximate surface area is 232 Å². The molecule has 1 aliphatic rings. The van der Waals surface area contributed by atoms with Crippen LogP contribution in [-0.2, 0) is 24.3 Å². The van der Waals surface area contributed by atoms with Crippen LogP contribution in [0.15, 0.2) is 53.4 Å². The van der Waals surface area contributed by atoms with Gasteiger partial charge in [-0.1, -0.05) is 49.1 Å². The molecule has 0 unspecified atom stereocenters. The van der Waals surface area contributed by atoms with Crippen LogP contribution in [0.2, 0.25) is 0 Å². The molecule has 9 nitrogen and oxygen atoms in total. The summed E-state index contributed by atoms with van der Waals surface area (Å²) >= 11 is 0. The summed E-state index contributed by atoms with van der Waals surface area (Å²) < 4.78 is 38.8. The van der Waals surface area contributed by atoms with Gasteiger partial charge >= 0.3 is 12.1 Å². The first-order valence-corrected chi connectivity index (χ1v) is 14.8. The Morgan fingerprint density at radius 2 is 1.64 bits per heavy atom. The lowest BCUT2D eigenvalue weighted by molar-refractivity contribution is -0.144. The molecule has 1 aliphatic carbocycles. The van der Waals surface area contributed by atoms with E-state index >= 15 is 0 Å². The molecule has 1 atom stereocenters. The molecule has 10 heteroatoms. The number of carbonyl (C=O) groups is 2. The molecule has 214 valence electrons. The zero-order valence-corrected chi connectivity index (χ0v) is 24.6. The number of methoxy groups -OCH3 is 1. The maximum absolute atomic E-state index is 13.6. The van der Waals surface area contributed by atoms with E-state index < -0.39 is 33.7 Å². The third-order valence-electron chi connectivity index (χ3n) is 6.84. The predicted molar refractivity (Wildman–Crippen MR) is 152 cm³/mol. The molecule has 1 N–H and O–H groups in total. The van der Waals surface area contributed by atoms with E-state index in [1.165, 1.54) is 26.3 Å². The summed E-state index contributed by atoms with van der Waals surface area (Å²) in [5, 5.41) is 2.84. The van der Waals surface area contributed by atoms with Gasteiger partial charge in [-0.25, -0.2) is 13.2 Å². The molecule has 3 rings (SSSR count). The van der Waals surface area contributed by atoms with E-state index in [9.17, 15) is 18.0 Å². The molecule has 0 aromatic heterocycles. The molecule has 39 heavy (non-hydrogen) atoms. The number of hydrogen-bond donors (Lipinski definition) is 1. The lowest BCUT2D eigenvalue weighted by Crippen LogP contribution is -2.52. The van der Waals surface area contributed by atoms with Crippen molar-refractivity contribution in [2.24, 2.45) is 0 Å². The molecule has 0 aliphatic heterocycles. The van der Waals surface area contributed by atoms with Crippen molar-refractivity contribution in [3.63, 3.8) is 0 Å². The molecule has 0 spiro atoms. The highest BCUT2D eigenvalue weighted by atomic mass is 32.2. The van der Waals surface area contributed by atoms with E-state index in [2.05, 4.69) is 5.32 Å². The topological polar surface area (TPSA) is 105 Å². The number of aryl methyl sites for hydroxylation is 1. The minimum Gasteiger partial charge on any atom is -0.468 e. The van der Waals surface area contributed by atoms with Crippen LogP contribution in [0.25, 0.3) is 0 Å². The van der Waals surface area contributed by atoms with Gasteiger partial charge in [-0.05, 0) is 64.8 Å². The molecule has 2 aromatic rings. The number of ether oxygens (including phenoxy) is 2. The van der Waals surface area contributed by atoms with Gasteiger partial charge in [0.2, 0.25) is 10.0 Å². The standard InChI is InChI=1S/C29H41N3O6S/c1-21-16-18-23(19-17-21)39(35,36)31(5)26(27(33)37-6)20-32(22-12-8-7-9-13-22)25-15-11-10-14-24(25)30-28(34)38-29(2,3)4/h10-11,14-19,22,26H,7-9,12-13,20H2,1-6H3,(H,30,34)/t26-/m1/s1. The van der Waals surface area contributed by atoms with Crippen molar-refractivity contribution in [3.05, 3.63) is 54.1 Å². The van der Waals surface area contributed by atoms with Crippen molar-refractivity contribution >= 4 is 33.5 Å². The number of likely N-dealkylation sites (N-methyl/N-ethyl adjacent to an activating group) is 1. The lowest BCUT2D eigenvalue weighted by Gasteiger charge is -2.40. The quantitative estimate of drug-likeness (QED) is 0.413. The molecule has 0 bridgehead atoms. The second-order valence-electron chi connectivity index (χ2n) is 11.0. The molecule has 1 saturated carbocycles. The first-order valence-electron chi connectivity index (χ1n) is 13.3. The SMILES string of the molecule is COC(=O)[C@@H](CN(c1ccccc1NC(=O)OC(C)(C)C)C1CCCCC1)N(C)S(=O)(=O)c1ccc(C)cc1. The van der Waals surface area contributed by atoms with Crippen molar-refractivity contribution < 1.29 is 27.5 Å². The Bertz CT molecular complexity index is 1230. The highest BCUT2D eigenvalue weighted by Crippen LogP contribution is 2.34. The van der Waals surface area contributed by atoms with Crippen LogP contribution >= 0.6 is 0 Å². The average molecular weight is 560 g/mol. The summed E-state index contributed by atoms with van der Waals surface area (Å²) in [5.74, 6) is -0.661. The van der Waals surface area contributed by atoms with Gasteiger partial charge in [0.15, 0.2) is 0 Å². The minimum absolute atomic E-state index is 0.0444. The molecular formula is C29H41N3O6S. The summed E-state index contributed by atoms with van der Waals surface area (Å²) in [6, 6.07) is 12.7. The second kappa shape index (κ2) is 12.8. The maximum Gasteiger partial charge on any atom is 0.412 e. The van der Waals surface area contributed by atoms with Crippen LogP contribution in [0.4, 0.5) is 16.2 Å². The van der Waals surface area contributed by atoms with Gasteiger partial charge in [0.1, 0.15) is 11.6 Å². The van der Waals surface area contributed by atoms with Gasteiger partial charge in [0.25, 0.3) is 0 Å². The summed E-state index contributed by atoms with van der Waals surface area (Å²) in [6.45, 7) is 7.29. The number of anilines is 2. The Morgan fingerprint density at radius 3 is 2.23 bits per heavy atom. The van der Waals surface area contributed by atoms with Gasteiger partial charge in [0.05, 0.1) is 23.4 Å². The monoisotopic (exact) mass is 559 g/mol. The van der Waals surface area contributed by atoms with E-state index in [-0.39, 0.29) is 17.5 Å². The zero-order valence-electron chi connectivity index (χ0n) is 23.8. The molecule has 0 saturated heterocycles. The van der Waals surface area contributed by atoms with Gasteiger partial charge in [-0.3, -0.25) is 10.1 Å². The molecule has 0 heterocycles. The van der Waals surface area contributed by atoms with Crippen LogP contribution in [-0.4, -0.2) is 63.2 Å². The normalized spacial score (nSPS) is 15.5. The third kappa shape index (κ3) is 7.95. The zero-order chi connectivity index (χ0) is 28.8. The maximum atomic E-state index is 13.6.